The molecule has 0 N–H and O–H groups in total. The smallest absolute Gasteiger partial charge is 0.418 e. The molecule has 0 radical (unpaired) electrons. The number of hydrogen-bond donors (Lipinski definition) is 0. The number of benzene rings is 1. The highest BCUT2D eigenvalue weighted by molar-refractivity contribution is 6.50. The highest BCUT2D eigenvalue weighted by Gasteiger charge is 2.43. The zero-order valence-electron chi connectivity index (χ0n) is 12.7. The van der Waals surface area contributed by atoms with E-state index in [0.29, 0.717) is 0 Å². The van der Waals surface area contributed by atoms with Gasteiger partial charge in [0.15, 0.2) is 5.71 Å². The molecule has 0 bridgehead atoms. The van der Waals surface area contributed by atoms with E-state index < -0.39 is 7.25 Å². The summed E-state index contributed by atoms with van der Waals surface area (Å²) in [6, 6.07) is 4.46. The first-order valence-corrected chi connectivity index (χ1v) is 6.43. The van der Waals surface area contributed by atoms with Crippen molar-refractivity contribution < 1.29 is 21.8 Å². The zero-order chi connectivity index (χ0) is 15.9. The van der Waals surface area contributed by atoms with E-state index in [9.17, 15) is 17.3 Å². The fraction of sp³-hybridized carbons (Fsp3) is 0.500. The van der Waals surface area contributed by atoms with Crippen LogP contribution in [0.25, 0.3) is 0 Å². The fourth-order valence-corrected chi connectivity index (χ4v) is 2.79. The van der Waals surface area contributed by atoms with Crippen LogP contribution in [0, 0.1) is 13.8 Å². The van der Waals surface area contributed by atoms with Crippen LogP contribution in [0.3, 0.4) is 0 Å². The molecule has 1 heterocycles. The van der Waals surface area contributed by atoms with Crippen LogP contribution in [0.2, 0.25) is 0 Å². The molecule has 2 rings (SSSR count). The topological polar surface area (TPSA) is 3.01 Å². The lowest BCUT2D eigenvalue weighted by molar-refractivity contribution is -0.403. The Morgan fingerprint density at radius 3 is 1.75 bits per heavy atom. The number of fused-ring (bicyclic) bond motifs is 1. The summed E-state index contributed by atoms with van der Waals surface area (Å²) in [5.41, 5.74) is 7.32. The van der Waals surface area contributed by atoms with E-state index in [1.54, 1.807) is 0 Å². The Labute approximate surface area is 117 Å². The molecule has 20 heavy (non-hydrogen) atoms. The van der Waals surface area contributed by atoms with Crippen LogP contribution in [0.1, 0.15) is 37.5 Å². The number of nitrogens with zero attached hydrogens (tertiary/aromatic N) is 1. The third-order valence-corrected chi connectivity index (χ3v) is 3.96. The first-order chi connectivity index (χ1) is 8.87. The molecule has 0 unspecified atom stereocenters. The Morgan fingerprint density at radius 2 is 1.35 bits per heavy atom. The van der Waals surface area contributed by atoms with E-state index in [-0.39, 0.29) is 5.41 Å². The summed E-state index contributed by atoms with van der Waals surface area (Å²) in [4.78, 5) is 0. The number of aryl methyl sites for hydroxylation is 2. The van der Waals surface area contributed by atoms with Gasteiger partial charge in [-0.2, -0.15) is 0 Å². The molecule has 6 heteroatoms. The molecule has 0 saturated heterocycles. The van der Waals surface area contributed by atoms with Crippen molar-refractivity contribution >= 4 is 18.7 Å². The van der Waals surface area contributed by atoms with Gasteiger partial charge < -0.3 is 17.3 Å². The highest BCUT2D eigenvalue weighted by atomic mass is 19.5. The van der Waals surface area contributed by atoms with Gasteiger partial charge in [-0.3, -0.25) is 0 Å². The van der Waals surface area contributed by atoms with Crippen LogP contribution in [0.5, 0.6) is 0 Å². The number of hydrogen-bond acceptors (Lipinski definition) is 0. The third kappa shape index (κ3) is 3.22. The van der Waals surface area contributed by atoms with Gasteiger partial charge in [-0.25, -0.2) is 4.58 Å². The van der Waals surface area contributed by atoms with E-state index in [0.717, 1.165) is 0 Å². The van der Waals surface area contributed by atoms with Crippen LogP contribution in [-0.2, 0) is 5.41 Å². The maximum absolute atomic E-state index is 9.75. The highest BCUT2D eigenvalue weighted by Crippen LogP contribution is 2.42. The molecule has 1 aliphatic rings. The van der Waals surface area contributed by atoms with Gasteiger partial charge in [0, 0.05) is 18.1 Å². The SMILES string of the molecule is CC1=[N+](C)c2c(C)ccc(C)c2C1(C)C.F[B-](F)(F)F. The second-order valence-electron chi connectivity index (χ2n) is 5.69. The molecule has 1 nitrogen and oxygen atoms in total. The monoisotopic (exact) mass is 289 g/mol. The molecule has 0 aromatic heterocycles. The van der Waals surface area contributed by atoms with E-state index in [4.69, 9.17) is 0 Å². The van der Waals surface area contributed by atoms with Crippen molar-refractivity contribution in [1.29, 1.82) is 0 Å². The maximum atomic E-state index is 9.75. The summed E-state index contributed by atoms with van der Waals surface area (Å²) in [6.07, 6.45) is 0. The second-order valence-corrected chi connectivity index (χ2v) is 5.69. The Morgan fingerprint density at radius 1 is 0.950 bits per heavy atom. The average Bonchev–Trinajstić information content (AvgIpc) is 2.44. The minimum absolute atomic E-state index is 0.181. The Balaban J connectivity index is 0.000000347. The lowest BCUT2D eigenvalue weighted by Crippen LogP contribution is -2.26. The van der Waals surface area contributed by atoms with Crippen LogP contribution < -0.4 is 0 Å². The van der Waals surface area contributed by atoms with Crippen molar-refractivity contribution in [3.63, 3.8) is 0 Å². The summed E-state index contributed by atoms with van der Waals surface area (Å²) in [5, 5.41) is 0. The minimum Gasteiger partial charge on any atom is -0.418 e. The van der Waals surface area contributed by atoms with Crippen LogP contribution in [-0.4, -0.2) is 24.6 Å². The lowest BCUT2D eigenvalue weighted by atomic mass is 9.79. The molecule has 0 amide bonds. The molecule has 1 aromatic rings. The lowest BCUT2D eigenvalue weighted by Gasteiger charge is -2.17. The quantitative estimate of drug-likeness (QED) is 0.372. The van der Waals surface area contributed by atoms with E-state index in [1.807, 2.05) is 0 Å². The first kappa shape index (κ1) is 16.7. The molecule has 1 aliphatic heterocycles. The van der Waals surface area contributed by atoms with Crippen LogP contribution in [0.4, 0.5) is 23.0 Å². The minimum atomic E-state index is -6.00. The summed E-state index contributed by atoms with van der Waals surface area (Å²) in [6.45, 7) is 11.3. The van der Waals surface area contributed by atoms with Gasteiger partial charge >= 0.3 is 7.25 Å². The van der Waals surface area contributed by atoms with Crippen molar-refractivity contribution in [2.24, 2.45) is 0 Å². The number of halogens is 4. The summed E-state index contributed by atoms with van der Waals surface area (Å²) in [7, 11) is -3.82. The largest absolute Gasteiger partial charge is 0.673 e. The van der Waals surface area contributed by atoms with E-state index in [2.05, 4.69) is 58.4 Å². The first-order valence-electron chi connectivity index (χ1n) is 6.43. The van der Waals surface area contributed by atoms with Crippen molar-refractivity contribution in [2.45, 2.75) is 40.0 Å². The summed E-state index contributed by atoms with van der Waals surface area (Å²) in [5.74, 6) is 0. The number of rotatable bonds is 0. The van der Waals surface area contributed by atoms with Crippen molar-refractivity contribution in [3.05, 3.63) is 28.8 Å². The van der Waals surface area contributed by atoms with Gasteiger partial charge in [-0.05, 0) is 33.3 Å². The molecule has 0 saturated carbocycles. The molecule has 0 aliphatic carbocycles. The van der Waals surface area contributed by atoms with Gasteiger partial charge in [-0.1, -0.05) is 12.1 Å². The molecule has 0 atom stereocenters. The van der Waals surface area contributed by atoms with E-state index in [1.165, 1.54) is 28.1 Å². The predicted octanol–water partition coefficient (Wildman–Crippen LogP) is 4.63. The molecule has 0 spiro atoms. The Kier molecular flexibility index (Phi) is 4.37. The van der Waals surface area contributed by atoms with Crippen molar-refractivity contribution in [3.8, 4) is 0 Å². The van der Waals surface area contributed by atoms with Gasteiger partial charge in [0.25, 0.3) is 0 Å². The average molecular weight is 289 g/mol. The Bertz CT molecular complexity index is 553. The maximum Gasteiger partial charge on any atom is 0.673 e. The predicted molar refractivity (Wildman–Crippen MR) is 75.7 cm³/mol. The normalized spacial score (nSPS) is 16.7. The molecular weight excluding hydrogens is 269 g/mol. The van der Waals surface area contributed by atoms with Crippen LogP contribution >= 0.6 is 0 Å². The zero-order valence-corrected chi connectivity index (χ0v) is 12.7. The summed E-state index contributed by atoms with van der Waals surface area (Å²) < 4.78 is 41.3. The summed E-state index contributed by atoms with van der Waals surface area (Å²) >= 11 is 0. The molecule has 1 aromatic carbocycles. The van der Waals surface area contributed by atoms with Gasteiger partial charge in [0.05, 0.1) is 5.41 Å². The fourth-order valence-electron chi connectivity index (χ4n) is 2.79. The third-order valence-electron chi connectivity index (χ3n) is 3.96. The van der Waals surface area contributed by atoms with Crippen molar-refractivity contribution in [1.82, 2.24) is 0 Å². The van der Waals surface area contributed by atoms with E-state index >= 15 is 0 Å². The van der Waals surface area contributed by atoms with Gasteiger partial charge in [0.2, 0.25) is 5.69 Å². The standard InChI is InChI=1S/C14H20N.BF4/c1-9-7-8-10(2)13-12(9)14(4,5)11(3)15(13)6;2-1(3,4)5/h7-8H,1-6H3;/q+1;-1. The Hall–Kier alpha value is -1.33. The molecular formula is C14H20BF4N. The second kappa shape index (κ2) is 5.22. The van der Waals surface area contributed by atoms with Crippen molar-refractivity contribution in [2.75, 3.05) is 7.05 Å². The molecule has 0 fully saturated rings. The molecule has 112 valence electrons. The van der Waals surface area contributed by atoms with Gasteiger partial charge in [-0.15, -0.1) is 0 Å². The van der Waals surface area contributed by atoms with Gasteiger partial charge in [0.1, 0.15) is 7.05 Å². The van der Waals surface area contributed by atoms with Crippen LogP contribution in [0.15, 0.2) is 12.1 Å².